The lowest BCUT2D eigenvalue weighted by atomic mass is 10.3. The summed E-state index contributed by atoms with van der Waals surface area (Å²) in [5.41, 5.74) is 2.25. The lowest BCUT2D eigenvalue weighted by molar-refractivity contribution is 0.844. The molecule has 0 fully saturated rings. The van der Waals surface area contributed by atoms with E-state index in [1.807, 2.05) is 12.1 Å². The SMILES string of the molecule is Cc1ccsc1CNc1cccnc1-n1cncn1. The minimum absolute atomic E-state index is 0.759. The molecular formula is C13H13N5S. The van der Waals surface area contributed by atoms with E-state index in [2.05, 4.69) is 38.8 Å². The first-order chi connectivity index (χ1) is 9.34. The molecule has 96 valence electrons. The van der Waals surface area contributed by atoms with Crippen LogP contribution in [0, 0.1) is 6.92 Å². The van der Waals surface area contributed by atoms with E-state index in [0.29, 0.717) is 0 Å². The summed E-state index contributed by atoms with van der Waals surface area (Å²) in [6, 6.07) is 6.03. The molecule has 3 heterocycles. The Morgan fingerprint density at radius 3 is 3.05 bits per heavy atom. The molecule has 0 aliphatic carbocycles. The van der Waals surface area contributed by atoms with Gasteiger partial charge >= 0.3 is 0 Å². The number of thiophene rings is 1. The fraction of sp³-hybridized carbons (Fsp3) is 0.154. The number of hydrogen-bond acceptors (Lipinski definition) is 5. The molecule has 0 saturated heterocycles. The molecule has 0 aliphatic heterocycles. The first-order valence-corrected chi connectivity index (χ1v) is 6.79. The van der Waals surface area contributed by atoms with Gasteiger partial charge in [0.1, 0.15) is 12.7 Å². The summed E-state index contributed by atoms with van der Waals surface area (Å²) in [6.07, 6.45) is 4.89. The van der Waals surface area contributed by atoms with Crippen LogP contribution in [0.15, 0.2) is 42.4 Å². The maximum atomic E-state index is 4.34. The van der Waals surface area contributed by atoms with Crippen molar-refractivity contribution in [2.45, 2.75) is 13.5 Å². The summed E-state index contributed by atoms with van der Waals surface area (Å²) in [5.74, 6) is 0.759. The molecule has 0 aromatic carbocycles. The van der Waals surface area contributed by atoms with Crippen molar-refractivity contribution in [3.63, 3.8) is 0 Å². The number of aryl methyl sites for hydroxylation is 1. The second-order valence-corrected chi connectivity index (χ2v) is 5.10. The minimum atomic E-state index is 0.759. The normalized spacial score (nSPS) is 10.6. The van der Waals surface area contributed by atoms with Gasteiger partial charge in [0.2, 0.25) is 0 Å². The molecule has 5 nitrogen and oxygen atoms in total. The first kappa shape index (κ1) is 11.9. The standard InChI is InChI=1S/C13H13N5S/c1-10-4-6-19-12(10)7-16-11-3-2-5-15-13(11)18-9-14-8-17-18/h2-6,8-9,16H,7H2,1H3. The van der Waals surface area contributed by atoms with Gasteiger partial charge in [0.05, 0.1) is 5.69 Å². The Kier molecular flexibility index (Phi) is 3.24. The van der Waals surface area contributed by atoms with Crippen LogP contribution in [-0.4, -0.2) is 19.7 Å². The van der Waals surface area contributed by atoms with Crippen molar-refractivity contribution >= 4 is 17.0 Å². The van der Waals surface area contributed by atoms with Crippen molar-refractivity contribution in [3.05, 3.63) is 52.9 Å². The largest absolute Gasteiger partial charge is 0.377 e. The van der Waals surface area contributed by atoms with Gasteiger partial charge in [0.25, 0.3) is 0 Å². The molecule has 0 spiro atoms. The highest BCUT2D eigenvalue weighted by molar-refractivity contribution is 7.10. The van der Waals surface area contributed by atoms with Crippen LogP contribution in [-0.2, 0) is 6.54 Å². The van der Waals surface area contributed by atoms with Crippen molar-refractivity contribution in [1.82, 2.24) is 19.7 Å². The molecule has 3 aromatic rings. The van der Waals surface area contributed by atoms with E-state index in [1.165, 1.54) is 16.8 Å². The van der Waals surface area contributed by atoms with Crippen molar-refractivity contribution in [1.29, 1.82) is 0 Å². The van der Waals surface area contributed by atoms with Gasteiger partial charge in [-0.15, -0.1) is 11.3 Å². The van der Waals surface area contributed by atoms with Crippen molar-refractivity contribution in [2.75, 3.05) is 5.32 Å². The van der Waals surface area contributed by atoms with E-state index in [9.17, 15) is 0 Å². The topological polar surface area (TPSA) is 55.6 Å². The maximum absolute atomic E-state index is 4.34. The highest BCUT2D eigenvalue weighted by atomic mass is 32.1. The Balaban J connectivity index is 1.84. The summed E-state index contributed by atoms with van der Waals surface area (Å²) in [5, 5.41) is 9.62. The Morgan fingerprint density at radius 1 is 1.37 bits per heavy atom. The summed E-state index contributed by atoms with van der Waals surface area (Å²) in [7, 11) is 0. The van der Waals surface area contributed by atoms with Crippen molar-refractivity contribution in [2.24, 2.45) is 0 Å². The van der Waals surface area contributed by atoms with E-state index in [4.69, 9.17) is 0 Å². The molecule has 3 rings (SSSR count). The van der Waals surface area contributed by atoms with Crippen LogP contribution in [0.4, 0.5) is 5.69 Å². The molecule has 6 heteroatoms. The number of nitrogens with one attached hydrogen (secondary N) is 1. The predicted octanol–water partition coefficient (Wildman–Crippen LogP) is 2.64. The van der Waals surface area contributed by atoms with Crippen LogP contribution in [0.2, 0.25) is 0 Å². The zero-order valence-electron chi connectivity index (χ0n) is 10.4. The van der Waals surface area contributed by atoms with Crippen LogP contribution >= 0.6 is 11.3 Å². The summed E-state index contributed by atoms with van der Waals surface area (Å²) in [4.78, 5) is 9.62. The van der Waals surface area contributed by atoms with Gasteiger partial charge in [-0.1, -0.05) is 0 Å². The molecule has 1 N–H and O–H groups in total. The number of anilines is 1. The van der Waals surface area contributed by atoms with Gasteiger partial charge in [-0.05, 0) is 36.1 Å². The predicted molar refractivity (Wildman–Crippen MR) is 75.5 cm³/mol. The Bertz CT molecular complexity index is 659. The van der Waals surface area contributed by atoms with Crippen molar-refractivity contribution in [3.8, 4) is 5.82 Å². The zero-order chi connectivity index (χ0) is 13.1. The molecular weight excluding hydrogens is 258 g/mol. The first-order valence-electron chi connectivity index (χ1n) is 5.91. The minimum Gasteiger partial charge on any atom is -0.377 e. The van der Waals surface area contributed by atoms with Gasteiger partial charge in [0, 0.05) is 17.6 Å². The van der Waals surface area contributed by atoms with Crippen LogP contribution in [0.3, 0.4) is 0 Å². The molecule has 0 bridgehead atoms. The second kappa shape index (κ2) is 5.19. The summed E-state index contributed by atoms with van der Waals surface area (Å²) < 4.78 is 1.66. The van der Waals surface area contributed by atoms with Gasteiger partial charge in [0.15, 0.2) is 5.82 Å². The van der Waals surface area contributed by atoms with E-state index in [-0.39, 0.29) is 0 Å². The molecule has 0 atom stereocenters. The van der Waals surface area contributed by atoms with E-state index < -0.39 is 0 Å². The van der Waals surface area contributed by atoms with Gasteiger partial charge < -0.3 is 5.32 Å². The Labute approximate surface area is 115 Å². The third kappa shape index (κ3) is 2.48. The molecule has 0 aliphatic rings. The third-order valence-corrected chi connectivity index (χ3v) is 3.85. The van der Waals surface area contributed by atoms with Crippen LogP contribution < -0.4 is 5.32 Å². The number of nitrogens with zero attached hydrogens (tertiary/aromatic N) is 4. The zero-order valence-corrected chi connectivity index (χ0v) is 11.3. The van der Waals surface area contributed by atoms with Crippen LogP contribution in [0.1, 0.15) is 10.4 Å². The molecule has 19 heavy (non-hydrogen) atoms. The lowest BCUT2D eigenvalue weighted by Gasteiger charge is -2.10. The Morgan fingerprint density at radius 2 is 2.32 bits per heavy atom. The molecule has 0 radical (unpaired) electrons. The van der Waals surface area contributed by atoms with E-state index >= 15 is 0 Å². The van der Waals surface area contributed by atoms with Crippen LogP contribution in [0.5, 0.6) is 0 Å². The van der Waals surface area contributed by atoms with Gasteiger partial charge in [-0.25, -0.2) is 14.6 Å². The number of hydrogen-bond donors (Lipinski definition) is 1. The highest BCUT2D eigenvalue weighted by Gasteiger charge is 2.07. The van der Waals surface area contributed by atoms with Crippen molar-refractivity contribution < 1.29 is 0 Å². The average molecular weight is 271 g/mol. The van der Waals surface area contributed by atoms with E-state index in [0.717, 1.165) is 18.1 Å². The summed E-state index contributed by atoms with van der Waals surface area (Å²) >= 11 is 1.75. The quantitative estimate of drug-likeness (QED) is 0.792. The smallest absolute Gasteiger partial charge is 0.178 e. The second-order valence-electron chi connectivity index (χ2n) is 4.09. The monoisotopic (exact) mass is 271 g/mol. The average Bonchev–Trinajstić information content (AvgIpc) is 3.08. The number of pyridine rings is 1. The van der Waals surface area contributed by atoms with Crippen LogP contribution in [0.25, 0.3) is 5.82 Å². The lowest BCUT2D eigenvalue weighted by Crippen LogP contribution is -2.06. The van der Waals surface area contributed by atoms with E-state index in [1.54, 1.807) is 28.5 Å². The summed E-state index contributed by atoms with van der Waals surface area (Å²) in [6.45, 7) is 2.91. The molecule has 0 amide bonds. The number of rotatable bonds is 4. The third-order valence-electron chi connectivity index (χ3n) is 2.83. The Hall–Kier alpha value is -2.21. The fourth-order valence-electron chi connectivity index (χ4n) is 1.80. The van der Waals surface area contributed by atoms with Gasteiger partial charge in [-0.3, -0.25) is 0 Å². The maximum Gasteiger partial charge on any atom is 0.178 e. The molecule has 0 unspecified atom stereocenters. The fourth-order valence-corrected chi connectivity index (χ4v) is 2.64. The van der Waals surface area contributed by atoms with Gasteiger partial charge in [-0.2, -0.15) is 5.10 Å². The highest BCUT2D eigenvalue weighted by Crippen LogP contribution is 2.20. The number of aromatic nitrogens is 4. The molecule has 0 saturated carbocycles. The molecule has 3 aromatic heterocycles.